The third kappa shape index (κ3) is 4.46. The number of amides is 1. The highest BCUT2D eigenvalue weighted by atomic mass is 19.2. The van der Waals surface area contributed by atoms with Crippen LogP contribution in [-0.4, -0.2) is 42.1 Å². The lowest BCUT2D eigenvalue weighted by Crippen LogP contribution is -2.41. The van der Waals surface area contributed by atoms with Crippen LogP contribution in [0, 0.1) is 17.5 Å². The molecule has 1 aliphatic rings. The van der Waals surface area contributed by atoms with Crippen LogP contribution in [0.4, 0.5) is 24.9 Å². The summed E-state index contributed by atoms with van der Waals surface area (Å²) in [5.74, 6) is -3.40. The van der Waals surface area contributed by atoms with Crippen molar-refractivity contribution >= 4 is 28.6 Å². The second-order valence-corrected chi connectivity index (χ2v) is 8.17. The van der Waals surface area contributed by atoms with Gasteiger partial charge in [-0.15, -0.1) is 0 Å². The predicted molar refractivity (Wildman–Crippen MR) is 117 cm³/mol. The van der Waals surface area contributed by atoms with E-state index in [1.807, 2.05) is 43.3 Å². The molecule has 32 heavy (non-hydrogen) atoms. The van der Waals surface area contributed by atoms with E-state index in [1.54, 1.807) is 0 Å². The van der Waals surface area contributed by atoms with Crippen molar-refractivity contribution < 1.29 is 18.0 Å². The Bertz CT molecular complexity index is 1150. The first-order chi connectivity index (χ1) is 15.3. The standard InChI is InChI=1S/C23H24F3N5O/c1-31(2)21-15-5-3-4-6-18(15)29-23(30-21)28-14-9-7-13(8-10-14)27-22(32)19-16(24)11-12-17(25)20(19)26/h3-6,11-14H,7-10H2,1-2H3,(H,27,32)(H,28,29,30)/t13-,14+. The Labute approximate surface area is 183 Å². The van der Waals surface area contributed by atoms with Gasteiger partial charge in [-0.1, -0.05) is 12.1 Å². The monoisotopic (exact) mass is 443 g/mol. The van der Waals surface area contributed by atoms with E-state index in [0.29, 0.717) is 37.7 Å². The molecule has 2 aromatic carbocycles. The topological polar surface area (TPSA) is 70.2 Å². The first-order valence-corrected chi connectivity index (χ1v) is 10.5. The minimum Gasteiger partial charge on any atom is -0.362 e. The van der Waals surface area contributed by atoms with E-state index in [2.05, 4.69) is 20.6 Å². The number of hydrogen-bond donors (Lipinski definition) is 2. The molecule has 0 spiro atoms. The Morgan fingerprint density at radius 2 is 1.59 bits per heavy atom. The number of halogens is 3. The Balaban J connectivity index is 1.40. The third-order valence-corrected chi connectivity index (χ3v) is 5.67. The summed E-state index contributed by atoms with van der Waals surface area (Å²) in [6.07, 6.45) is 2.64. The van der Waals surface area contributed by atoms with Crippen LogP contribution in [0.2, 0.25) is 0 Å². The fraction of sp³-hybridized carbons (Fsp3) is 0.348. The van der Waals surface area contributed by atoms with Crippen LogP contribution >= 0.6 is 0 Å². The molecule has 1 aromatic heterocycles. The Hall–Kier alpha value is -3.36. The van der Waals surface area contributed by atoms with Gasteiger partial charge in [-0.25, -0.2) is 18.2 Å². The van der Waals surface area contributed by atoms with E-state index in [1.165, 1.54) is 0 Å². The summed E-state index contributed by atoms with van der Waals surface area (Å²) in [5, 5.41) is 6.96. The van der Waals surface area contributed by atoms with Crippen molar-refractivity contribution in [2.75, 3.05) is 24.3 Å². The predicted octanol–water partition coefficient (Wildman–Crippen LogP) is 4.27. The summed E-state index contributed by atoms with van der Waals surface area (Å²) in [5.41, 5.74) is -0.0418. The number of nitrogens with zero attached hydrogens (tertiary/aromatic N) is 3. The molecule has 4 rings (SSSR count). The van der Waals surface area contributed by atoms with Gasteiger partial charge in [-0.2, -0.15) is 4.98 Å². The van der Waals surface area contributed by atoms with Crippen molar-refractivity contribution in [1.82, 2.24) is 15.3 Å². The highest BCUT2D eigenvalue weighted by molar-refractivity contribution is 5.95. The molecule has 1 aliphatic carbocycles. The van der Waals surface area contributed by atoms with Gasteiger partial charge < -0.3 is 15.5 Å². The Morgan fingerprint density at radius 1 is 0.938 bits per heavy atom. The molecule has 168 valence electrons. The zero-order valence-corrected chi connectivity index (χ0v) is 17.8. The molecule has 2 N–H and O–H groups in total. The first-order valence-electron chi connectivity index (χ1n) is 10.5. The molecule has 0 aliphatic heterocycles. The van der Waals surface area contributed by atoms with E-state index in [0.717, 1.165) is 22.8 Å². The molecule has 1 saturated carbocycles. The summed E-state index contributed by atoms with van der Waals surface area (Å²) in [7, 11) is 3.85. The number of anilines is 2. The van der Waals surface area contributed by atoms with Crippen LogP contribution < -0.4 is 15.5 Å². The minimum atomic E-state index is -1.47. The van der Waals surface area contributed by atoms with Crippen LogP contribution in [0.15, 0.2) is 36.4 Å². The average molecular weight is 443 g/mol. The number of fused-ring (bicyclic) bond motifs is 1. The summed E-state index contributed by atoms with van der Waals surface area (Å²) < 4.78 is 41.1. The molecule has 9 heteroatoms. The van der Waals surface area contributed by atoms with E-state index in [-0.39, 0.29) is 12.1 Å². The fourth-order valence-electron chi connectivity index (χ4n) is 4.02. The first kappa shape index (κ1) is 21.9. The average Bonchev–Trinajstić information content (AvgIpc) is 2.77. The number of hydrogen-bond acceptors (Lipinski definition) is 5. The smallest absolute Gasteiger partial charge is 0.257 e. The molecular weight excluding hydrogens is 419 g/mol. The molecule has 0 atom stereocenters. The maximum absolute atomic E-state index is 13.9. The second-order valence-electron chi connectivity index (χ2n) is 8.17. The number of carbonyl (C=O) groups excluding carboxylic acids is 1. The number of carbonyl (C=O) groups is 1. The summed E-state index contributed by atoms with van der Waals surface area (Å²) in [4.78, 5) is 23.5. The highest BCUT2D eigenvalue weighted by Gasteiger charge is 2.27. The number of nitrogens with one attached hydrogen (secondary N) is 2. The maximum Gasteiger partial charge on any atom is 0.257 e. The van der Waals surface area contributed by atoms with Gasteiger partial charge in [0.25, 0.3) is 5.91 Å². The number of rotatable bonds is 5. The van der Waals surface area contributed by atoms with Gasteiger partial charge in [-0.05, 0) is 49.9 Å². The molecule has 0 bridgehead atoms. The van der Waals surface area contributed by atoms with Gasteiger partial charge in [0, 0.05) is 31.6 Å². The summed E-state index contributed by atoms with van der Waals surface area (Å²) in [6, 6.07) is 9.05. The van der Waals surface area contributed by atoms with Gasteiger partial charge in [0.1, 0.15) is 17.2 Å². The Kier molecular flexibility index (Phi) is 6.16. The van der Waals surface area contributed by atoms with Gasteiger partial charge in [0.05, 0.1) is 5.52 Å². The van der Waals surface area contributed by atoms with Gasteiger partial charge in [0.2, 0.25) is 5.95 Å². The fourth-order valence-corrected chi connectivity index (χ4v) is 4.02. The summed E-state index contributed by atoms with van der Waals surface area (Å²) >= 11 is 0. The van der Waals surface area contributed by atoms with Crippen molar-refractivity contribution in [1.29, 1.82) is 0 Å². The number of benzene rings is 2. The molecule has 6 nitrogen and oxygen atoms in total. The zero-order chi connectivity index (χ0) is 22.8. The molecule has 3 aromatic rings. The number of para-hydroxylation sites is 1. The third-order valence-electron chi connectivity index (χ3n) is 5.67. The van der Waals surface area contributed by atoms with Crippen LogP contribution in [0.3, 0.4) is 0 Å². The van der Waals surface area contributed by atoms with Crippen LogP contribution in [0.25, 0.3) is 10.9 Å². The molecule has 1 fully saturated rings. The lowest BCUT2D eigenvalue weighted by atomic mass is 9.91. The van der Waals surface area contributed by atoms with Crippen molar-refractivity contribution in [3.05, 3.63) is 59.4 Å². The maximum atomic E-state index is 13.9. The number of aromatic nitrogens is 2. The minimum absolute atomic E-state index is 0.0990. The van der Waals surface area contributed by atoms with E-state index >= 15 is 0 Å². The van der Waals surface area contributed by atoms with Gasteiger partial charge in [0.15, 0.2) is 11.6 Å². The summed E-state index contributed by atoms with van der Waals surface area (Å²) in [6.45, 7) is 0. The highest BCUT2D eigenvalue weighted by Crippen LogP contribution is 2.26. The van der Waals surface area contributed by atoms with Crippen LogP contribution in [0.1, 0.15) is 36.0 Å². The van der Waals surface area contributed by atoms with E-state index in [4.69, 9.17) is 0 Å². The lowest BCUT2D eigenvalue weighted by molar-refractivity contribution is 0.0916. The van der Waals surface area contributed by atoms with Crippen molar-refractivity contribution in [2.45, 2.75) is 37.8 Å². The quantitative estimate of drug-likeness (QED) is 0.577. The van der Waals surface area contributed by atoms with E-state index in [9.17, 15) is 18.0 Å². The molecule has 0 radical (unpaired) electrons. The largest absolute Gasteiger partial charge is 0.362 e. The Morgan fingerprint density at radius 3 is 2.31 bits per heavy atom. The van der Waals surface area contributed by atoms with Crippen molar-refractivity contribution in [3.8, 4) is 0 Å². The van der Waals surface area contributed by atoms with Crippen LogP contribution in [0.5, 0.6) is 0 Å². The zero-order valence-electron chi connectivity index (χ0n) is 17.8. The second kappa shape index (κ2) is 9.02. The van der Waals surface area contributed by atoms with Gasteiger partial charge >= 0.3 is 0 Å². The molecule has 0 unspecified atom stereocenters. The molecule has 1 heterocycles. The van der Waals surface area contributed by atoms with Gasteiger partial charge in [-0.3, -0.25) is 4.79 Å². The van der Waals surface area contributed by atoms with Crippen LogP contribution in [-0.2, 0) is 0 Å². The lowest BCUT2D eigenvalue weighted by Gasteiger charge is -2.30. The van der Waals surface area contributed by atoms with E-state index < -0.39 is 28.9 Å². The molecular formula is C23H24F3N5O. The van der Waals surface area contributed by atoms with Crippen molar-refractivity contribution in [3.63, 3.8) is 0 Å². The normalized spacial score (nSPS) is 18.4. The SMILES string of the molecule is CN(C)c1nc(N[C@H]2CC[C@@H](NC(=O)c3c(F)ccc(F)c3F)CC2)nc2ccccc12. The van der Waals surface area contributed by atoms with Crippen molar-refractivity contribution in [2.24, 2.45) is 0 Å². The molecule has 1 amide bonds. The molecule has 0 saturated heterocycles.